The fourth-order valence-corrected chi connectivity index (χ4v) is 2.55. The highest BCUT2D eigenvalue weighted by atomic mass is 16.6. The van der Waals surface area contributed by atoms with E-state index in [9.17, 15) is 9.59 Å². The maximum atomic E-state index is 12.9. The molecule has 0 radical (unpaired) electrons. The zero-order valence-electron chi connectivity index (χ0n) is 13.7. The lowest BCUT2D eigenvalue weighted by Gasteiger charge is -2.14. The van der Waals surface area contributed by atoms with Gasteiger partial charge < -0.3 is 4.74 Å². The minimum absolute atomic E-state index is 0.0807. The number of ether oxygens (including phenoxy) is 1. The van der Waals surface area contributed by atoms with Gasteiger partial charge in [0, 0.05) is 23.5 Å². The number of benzene rings is 1. The summed E-state index contributed by atoms with van der Waals surface area (Å²) in [5.41, 5.74) is 1.74. The van der Waals surface area contributed by atoms with E-state index in [-0.39, 0.29) is 18.0 Å². The van der Waals surface area contributed by atoms with Crippen molar-refractivity contribution in [3.63, 3.8) is 0 Å². The van der Waals surface area contributed by atoms with Gasteiger partial charge >= 0.3 is 6.09 Å². The molecule has 1 fully saturated rings. The second-order valence-electron chi connectivity index (χ2n) is 5.77. The fraction of sp³-hybridized carbons (Fsp3) is 0.278. The molecular formula is C18H19N3O3. The van der Waals surface area contributed by atoms with Crippen LogP contribution in [-0.4, -0.2) is 35.8 Å². The Labute approximate surface area is 140 Å². The topological polar surface area (TPSA) is 63.9 Å². The van der Waals surface area contributed by atoms with Crippen molar-refractivity contribution in [2.75, 3.05) is 18.1 Å². The van der Waals surface area contributed by atoms with Gasteiger partial charge in [-0.15, -0.1) is 0 Å². The molecule has 6 nitrogen and oxygen atoms in total. The summed E-state index contributed by atoms with van der Waals surface area (Å²) in [4.78, 5) is 30.6. The van der Waals surface area contributed by atoms with E-state index in [4.69, 9.17) is 4.74 Å². The Morgan fingerprint density at radius 1 is 1.21 bits per heavy atom. The molecule has 1 aliphatic heterocycles. The molecule has 24 heavy (non-hydrogen) atoms. The molecular weight excluding hydrogens is 306 g/mol. The van der Waals surface area contributed by atoms with Gasteiger partial charge in [0.05, 0.1) is 6.54 Å². The molecule has 1 amide bonds. The molecule has 3 rings (SSSR count). The van der Waals surface area contributed by atoms with E-state index in [2.05, 4.69) is 4.99 Å². The third-order valence-electron chi connectivity index (χ3n) is 3.61. The van der Waals surface area contributed by atoms with Crippen LogP contribution in [0.5, 0.6) is 0 Å². The lowest BCUT2D eigenvalue weighted by molar-refractivity contribution is 0.0954. The normalized spacial score (nSPS) is 15.0. The summed E-state index contributed by atoms with van der Waals surface area (Å²) in [6.45, 7) is 4.77. The van der Waals surface area contributed by atoms with Crippen molar-refractivity contribution in [2.24, 2.45) is 4.99 Å². The van der Waals surface area contributed by atoms with Crippen LogP contribution in [0.4, 0.5) is 10.5 Å². The number of pyridine rings is 1. The third-order valence-corrected chi connectivity index (χ3v) is 3.61. The van der Waals surface area contributed by atoms with E-state index in [1.54, 1.807) is 42.6 Å². The van der Waals surface area contributed by atoms with Crippen molar-refractivity contribution in [1.29, 1.82) is 0 Å². The summed E-state index contributed by atoms with van der Waals surface area (Å²) in [5.74, 6) is -0.190. The van der Waals surface area contributed by atoms with Crippen LogP contribution in [0.2, 0.25) is 0 Å². The van der Waals surface area contributed by atoms with Crippen molar-refractivity contribution in [2.45, 2.75) is 19.9 Å². The predicted octanol–water partition coefficient (Wildman–Crippen LogP) is 2.44. The monoisotopic (exact) mass is 325 g/mol. The third kappa shape index (κ3) is 3.22. The van der Waals surface area contributed by atoms with Gasteiger partial charge in [0.1, 0.15) is 12.1 Å². The Bertz CT molecular complexity index is 839. The number of amides is 1. The smallest absolute Gasteiger partial charge is 0.414 e. The second kappa shape index (κ2) is 6.70. The van der Waals surface area contributed by atoms with Crippen LogP contribution in [0.3, 0.4) is 0 Å². The number of hydrogen-bond donors (Lipinski definition) is 0. The van der Waals surface area contributed by atoms with Crippen molar-refractivity contribution < 1.29 is 14.3 Å². The van der Waals surface area contributed by atoms with Crippen molar-refractivity contribution >= 4 is 17.7 Å². The summed E-state index contributed by atoms with van der Waals surface area (Å²) in [6.07, 6.45) is 1.31. The standard InChI is InChI=1S/C18H19N3O3/c1-13(2)19-16-8-3-4-9-21(16)17(22)14-6-5-7-15(12-14)20-10-11-24-18(20)23/h3-9,12-13H,10-11H2,1-2H3. The summed E-state index contributed by atoms with van der Waals surface area (Å²) in [7, 11) is 0. The zero-order valence-corrected chi connectivity index (χ0v) is 13.7. The predicted molar refractivity (Wildman–Crippen MR) is 90.0 cm³/mol. The van der Waals surface area contributed by atoms with Gasteiger partial charge in [0.2, 0.25) is 0 Å². The van der Waals surface area contributed by atoms with Crippen molar-refractivity contribution in [1.82, 2.24) is 4.57 Å². The Morgan fingerprint density at radius 2 is 2.04 bits per heavy atom. The maximum Gasteiger partial charge on any atom is 0.414 e. The molecule has 1 aromatic heterocycles. The largest absolute Gasteiger partial charge is 0.447 e. The maximum absolute atomic E-state index is 12.9. The molecule has 1 saturated heterocycles. The number of hydrogen-bond acceptors (Lipinski definition) is 4. The van der Waals surface area contributed by atoms with E-state index < -0.39 is 0 Å². The fourth-order valence-electron chi connectivity index (χ4n) is 2.55. The molecule has 2 aromatic rings. The van der Waals surface area contributed by atoms with Gasteiger partial charge in [-0.05, 0) is 44.2 Å². The van der Waals surface area contributed by atoms with Gasteiger partial charge in [-0.1, -0.05) is 12.1 Å². The number of carbonyl (C=O) groups is 2. The van der Waals surface area contributed by atoms with E-state index in [0.717, 1.165) is 0 Å². The lowest BCUT2D eigenvalue weighted by atomic mass is 10.1. The molecule has 0 N–H and O–H groups in total. The molecule has 1 aromatic carbocycles. The molecule has 0 aliphatic carbocycles. The Balaban J connectivity index is 1.99. The van der Waals surface area contributed by atoms with Crippen LogP contribution in [0, 0.1) is 0 Å². The van der Waals surface area contributed by atoms with E-state index in [0.29, 0.717) is 29.9 Å². The van der Waals surface area contributed by atoms with Gasteiger partial charge in [-0.3, -0.25) is 19.3 Å². The van der Waals surface area contributed by atoms with Crippen molar-refractivity contribution in [3.05, 3.63) is 59.7 Å². The summed E-state index contributed by atoms with van der Waals surface area (Å²) in [6, 6.07) is 12.5. The first-order chi connectivity index (χ1) is 11.6. The van der Waals surface area contributed by atoms with Crippen LogP contribution in [0.1, 0.15) is 24.2 Å². The number of cyclic esters (lactones) is 1. The first-order valence-corrected chi connectivity index (χ1v) is 7.87. The summed E-state index contributed by atoms with van der Waals surface area (Å²) >= 11 is 0. The Kier molecular flexibility index (Phi) is 4.46. The summed E-state index contributed by atoms with van der Waals surface area (Å²) in [5, 5.41) is 0. The molecule has 2 heterocycles. The van der Waals surface area contributed by atoms with Crippen LogP contribution < -0.4 is 10.4 Å². The number of rotatable bonds is 3. The van der Waals surface area contributed by atoms with Crippen LogP contribution in [0.25, 0.3) is 0 Å². The van der Waals surface area contributed by atoms with Crippen LogP contribution >= 0.6 is 0 Å². The van der Waals surface area contributed by atoms with Crippen LogP contribution in [-0.2, 0) is 4.74 Å². The Morgan fingerprint density at radius 3 is 2.75 bits per heavy atom. The van der Waals surface area contributed by atoms with E-state index in [1.807, 2.05) is 19.9 Å². The first-order valence-electron chi connectivity index (χ1n) is 7.87. The first kappa shape index (κ1) is 16.0. The van der Waals surface area contributed by atoms with Crippen LogP contribution in [0.15, 0.2) is 53.7 Å². The minimum atomic E-state index is -0.387. The zero-order chi connectivity index (χ0) is 17.1. The number of carbonyl (C=O) groups excluding carboxylic acids is 2. The minimum Gasteiger partial charge on any atom is -0.447 e. The van der Waals surface area contributed by atoms with Crippen molar-refractivity contribution in [3.8, 4) is 0 Å². The molecule has 0 unspecified atom stereocenters. The highest BCUT2D eigenvalue weighted by Crippen LogP contribution is 2.20. The average molecular weight is 325 g/mol. The molecule has 6 heteroatoms. The summed E-state index contributed by atoms with van der Waals surface area (Å²) < 4.78 is 6.46. The molecule has 0 spiro atoms. The average Bonchev–Trinajstić information content (AvgIpc) is 3.00. The van der Waals surface area contributed by atoms with Gasteiger partial charge in [-0.2, -0.15) is 0 Å². The Hall–Kier alpha value is -2.89. The van der Waals surface area contributed by atoms with Gasteiger partial charge in [0.15, 0.2) is 0 Å². The highest BCUT2D eigenvalue weighted by molar-refractivity contribution is 5.98. The number of nitrogens with zero attached hydrogens (tertiary/aromatic N) is 3. The second-order valence-corrected chi connectivity index (χ2v) is 5.77. The quantitative estimate of drug-likeness (QED) is 0.871. The van der Waals surface area contributed by atoms with E-state index in [1.165, 1.54) is 9.47 Å². The number of aromatic nitrogens is 1. The molecule has 0 bridgehead atoms. The molecule has 124 valence electrons. The van der Waals surface area contributed by atoms with Gasteiger partial charge in [0.25, 0.3) is 5.91 Å². The molecule has 0 saturated carbocycles. The van der Waals surface area contributed by atoms with E-state index >= 15 is 0 Å². The molecule has 1 aliphatic rings. The highest BCUT2D eigenvalue weighted by Gasteiger charge is 2.24. The molecule has 0 atom stereocenters. The number of anilines is 1. The van der Waals surface area contributed by atoms with Gasteiger partial charge in [-0.25, -0.2) is 4.79 Å². The lowest BCUT2D eigenvalue weighted by Crippen LogP contribution is -2.28. The SMILES string of the molecule is CC(C)N=c1ccccn1C(=O)c1cccc(N2CCOC2=O)c1.